The van der Waals surface area contributed by atoms with Crippen LogP contribution in [0.1, 0.15) is 24.2 Å². The predicted molar refractivity (Wildman–Crippen MR) is 58.0 cm³/mol. The van der Waals surface area contributed by atoms with Gasteiger partial charge in [-0.1, -0.05) is 5.21 Å². The number of hydrogen-bond donors (Lipinski definition) is 1. The van der Waals surface area contributed by atoms with Crippen LogP contribution >= 0.6 is 0 Å². The Hall–Kier alpha value is -1.89. The Labute approximate surface area is 101 Å². The summed E-state index contributed by atoms with van der Waals surface area (Å²) in [6.07, 6.45) is 1.41. The van der Waals surface area contributed by atoms with E-state index in [0.717, 1.165) is 12.1 Å². The van der Waals surface area contributed by atoms with Crippen LogP contribution in [0, 0.1) is 17.5 Å². The van der Waals surface area contributed by atoms with E-state index in [-0.39, 0.29) is 5.56 Å². The van der Waals surface area contributed by atoms with Crippen LogP contribution in [0.5, 0.6) is 0 Å². The van der Waals surface area contributed by atoms with Gasteiger partial charge in [0.1, 0.15) is 0 Å². The first-order valence-corrected chi connectivity index (χ1v) is 5.33. The summed E-state index contributed by atoms with van der Waals surface area (Å²) in [4.78, 5) is 0. The summed E-state index contributed by atoms with van der Waals surface area (Å²) in [7, 11) is 0. The second kappa shape index (κ2) is 4.77. The number of hydrogen-bond acceptors (Lipinski definition) is 3. The number of nitrogens with two attached hydrogens (primary N) is 1. The van der Waals surface area contributed by atoms with Gasteiger partial charge >= 0.3 is 0 Å². The quantitative estimate of drug-likeness (QED) is 0.851. The van der Waals surface area contributed by atoms with E-state index in [4.69, 9.17) is 5.73 Å². The van der Waals surface area contributed by atoms with Crippen molar-refractivity contribution < 1.29 is 13.2 Å². The Kier molecular flexibility index (Phi) is 3.33. The maximum absolute atomic E-state index is 13.1. The van der Waals surface area contributed by atoms with Crippen molar-refractivity contribution in [2.45, 2.75) is 19.5 Å². The Balaban J connectivity index is 2.43. The Morgan fingerprint density at radius 2 is 1.89 bits per heavy atom. The highest BCUT2D eigenvalue weighted by atomic mass is 19.2. The van der Waals surface area contributed by atoms with E-state index in [0.29, 0.717) is 12.2 Å². The summed E-state index contributed by atoms with van der Waals surface area (Å²) < 4.78 is 40.6. The lowest BCUT2D eigenvalue weighted by atomic mass is 10.0. The van der Waals surface area contributed by atoms with E-state index in [1.807, 2.05) is 6.92 Å². The van der Waals surface area contributed by atoms with Crippen LogP contribution in [-0.2, 0) is 6.54 Å². The predicted octanol–water partition coefficient (Wildman–Crippen LogP) is 1.76. The second-order valence-electron chi connectivity index (χ2n) is 3.75. The lowest BCUT2D eigenvalue weighted by Gasteiger charge is -2.13. The van der Waals surface area contributed by atoms with Gasteiger partial charge in [-0.05, 0) is 24.6 Å². The summed E-state index contributed by atoms with van der Waals surface area (Å²) >= 11 is 0. The van der Waals surface area contributed by atoms with Crippen LogP contribution in [0.15, 0.2) is 18.3 Å². The van der Waals surface area contributed by atoms with Crippen molar-refractivity contribution in [3.8, 4) is 0 Å². The van der Waals surface area contributed by atoms with Crippen molar-refractivity contribution >= 4 is 0 Å². The van der Waals surface area contributed by atoms with Crippen molar-refractivity contribution in [1.82, 2.24) is 15.0 Å². The monoisotopic (exact) mass is 256 g/mol. The molecule has 0 aliphatic rings. The summed E-state index contributed by atoms with van der Waals surface area (Å²) in [6.45, 7) is 2.35. The number of benzene rings is 1. The minimum absolute atomic E-state index is 0.128. The molecule has 96 valence electrons. The van der Waals surface area contributed by atoms with Crippen LogP contribution < -0.4 is 5.73 Å². The first kappa shape index (κ1) is 12.6. The highest BCUT2D eigenvalue weighted by Crippen LogP contribution is 2.22. The van der Waals surface area contributed by atoms with E-state index in [2.05, 4.69) is 10.3 Å². The molecule has 0 aliphatic carbocycles. The number of aromatic nitrogens is 3. The number of rotatable bonds is 3. The molecule has 1 heterocycles. The molecule has 1 aromatic carbocycles. The molecule has 1 unspecified atom stereocenters. The van der Waals surface area contributed by atoms with Gasteiger partial charge in [-0.3, -0.25) is 0 Å². The minimum atomic E-state index is -1.51. The van der Waals surface area contributed by atoms with E-state index < -0.39 is 23.5 Å². The standard InChI is InChI=1S/C11H11F3N4/c1-2-18-9(5-16-17-18)11(15)6-3-7(12)10(14)8(13)4-6/h3-5,11H,2,15H2,1H3. The largest absolute Gasteiger partial charge is 0.319 e. The van der Waals surface area contributed by atoms with E-state index in [1.54, 1.807) is 0 Å². The molecular formula is C11H11F3N4. The van der Waals surface area contributed by atoms with Crippen molar-refractivity contribution in [3.63, 3.8) is 0 Å². The third-order valence-corrected chi connectivity index (χ3v) is 2.63. The average Bonchev–Trinajstić information content (AvgIpc) is 2.82. The molecule has 2 N–H and O–H groups in total. The molecule has 7 heteroatoms. The Bertz CT molecular complexity index is 544. The van der Waals surface area contributed by atoms with Crippen molar-refractivity contribution in [2.75, 3.05) is 0 Å². The highest BCUT2D eigenvalue weighted by Gasteiger charge is 2.18. The lowest BCUT2D eigenvalue weighted by Crippen LogP contribution is -2.18. The van der Waals surface area contributed by atoms with Gasteiger partial charge in [-0.25, -0.2) is 17.9 Å². The van der Waals surface area contributed by atoms with Crippen molar-refractivity contribution in [1.29, 1.82) is 0 Å². The molecule has 2 rings (SSSR count). The summed E-state index contributed by atoms with van der Waals surface area (Å²) in [5.74, 6) is -4.04. The summed E-state index contributed by atoms with van der Waals surface area (Å²) in [6, 6.07) is 0.927. The third kappa shape index (κ3) is 2.08. The molecule has 1 aromatic heterocycles. The van der Waals surface area contributed by atoms with Crippen LogP contribution in [0.4, 0.5) is 13.2 Å². The van der Waals surface area contributed by atoms with Crippen LogP contribution in [0.25, 0.3) is 0 Å². The fourth-order valence-electron chi connectivity index (χ4n) is 1.68. The van der Waals surface area contributed by atoms with Gasteiger partial charge in [0, 0.05) is 6.54 Å². The topological polar surface area (TPSA) is 56.7 Å². The molecule has 0 saturated carbocycles. The number of halogens is 3. The molecule has 0 spiro atoms. The normalized spacial score (nSPS) is 12.7. The molecule has 0 radical (unpaired) electrons. The van der Waals surface area contributed by atoms with Crippen molar-refractivity contribution in [3.05, 3.63) is 47.0 Å². The Morgan fingerprint density at radius 3 is 2.44 bits per heavy atom. The Morgan fingerprint density at radius 1 is 1.28 bits per heavy atom. The fourth-order valence-corrected chi connectivity index (χ4v) is 1.68. The molecule has 0 aliphatic heterocycles. The van der Waals surface area contributed by atoms with Gasteiger partial charge in [-0.2, -0.15) is 0 Å². The molecule has 2 aromatic rings. The van der Waals surface area contributed by atoms with Gasteiger partial charge in [0.2, 0.25) is 0 Å². The van der Waals surface area contributed by atoms with Gasteiger partial charge < -0.3 is 5.73 Å². The fraction of sp³-hybridized carbons (Fsp3) is 0.273. The highest BCUT2D eigenvalue weighted by molar-refractivity contribution is 5.28. The van der Waals surface area contributed by atoms with Gasteiger partial charge in [0.15, 0.2) is 17.5 Å². The molecule has 0 saturated heterocycles. The third-order valence-electron chi connectivity index (χ3n) is 2.63. The molecule has 0 fully saturated rings. The van der Waals surface area contributed by atoms with E-state index in [1.165, 1.54) is 10.9 Å². The van der Waals surface area contributed by atoms with Gasteiger partial charge in [-0.15, -0.1) is 5.10 Å². The lowest BCUT2D eigenvalue weighted by molar-refractivity contribution is 0.444. The molecule has 4 nitrogen and oxygen atoms in total. The molecule has 0 bridgehead atoms. The maximum atomic E-state index is 13.1. The zero-order valence-electron chi connectivity index (χ0n) is 9.57. The first-order valence-electron chi connectivity index (χ1n) is 5.33. The van der Waals surface area contributed by atoms with Crippen molar-refractivity contribution in [2.24, 2.45) is 5.73 Å². The van der Waals surface area contributed by atoms with Crippen LogP contribution in [0.3, 0.4) is 0 Å². The number of nitrogens with zero attached hydrogens (tertiary/aromatic N) is 3. The van der Waals surface area contributed by atoms with E-state index in [9.17, 15) is 13.2 Å². The van der Waals surface area contributed by atoms with Crippen LogP contribution in [0.2, 0.25) is 0 Å². The second-order valence-corrected chi connectivity index (χ2v) is 3.75. The summed E-state index contributed by atoms with van der Waals surface area (Å²) in [5.41, 5.74) is 6.50. The van der Waals surface area contributed by atoms with Gasteiger partial charge in [0.25, 0.3) is 0 Å². The smallest absolute Gasteiger partial charge is 0.194 e. The molecule has 18 heavy (non-hydrogen) atoms. The molecular weight excluding hydrogens is 245 g/mol. The van der Waals surface area contributed by atoms with E-state index >= 15 is 0 Å². The maximum Gasteiger partial charge on any atom is 0.194 e. The van der Waals surface area contributed by atoms with Crippen LogP contribution in [-0.4, -0.2) is 15.0 Å². The number of aryl methyl sites for hydroxylation is 1. The summed E-state index contributed by atoms with van der Waals surface area (Å²) in [5, 5.41) is 7.44. The molecule has 1 atom stereocenters. The zero-order valence-corrected chi connectivity index (χ0v) is 9.57. The average molecular weight is 256 g/mol. The zero-order chi connectivity index (χ0) is 13.3. The van der Waals surface area contributed by atoms with Gasteiger partial charge in [0.05, 0.1) is 17.9 Å². The minimum Gasteiger partial charge on any atom is -0.319 e. The molecule has 0 amide bonds. The first-order chi connectivity index (χ1) is 8.54. The SMILES string of the molecule is CCn1nncc1C(N)c1cc(F)c(F)c(F)c1.